The summed E-state index contributed by atoms with van der Waals surface area (Å²) in [4.78, 5) is 24.8. The van der Waals surface area contributed by atoms with Crippen molar-refractivity contribution in [3.8, 4) is 0 Å². The number of rotatable bonds is 1. The van der Waals surface area contributed by atoms with Crippen molar-refractivity contribution in [2.45, 2.75) is 51.4 Å². The lowest BCUT2D eigenvalue weighted by Crippen LogP contribution is -2.44. The first kappa shape index (κ1) is 14.8. The van der Waals surface area contributed by atoms with E-state index in [4.69, 9.17) is 4.74 Å². The first-order valence-corrected chi connectivity index (χ1v) is 5.85. The Labute approximate surface area is 107 Å². The Morgan fingerprint density at radius 3 is 2.39 bits per heavy atom. The highest BCUT2D eigenvalue weighted by Crippen LogP contribution is 2.29. The summed E-state index contributed by atoms with van der Waals surface area (Å²) < 4.78 is 9.85. The van der Waals surface area contributed by atoms with Crippen molar-refractivity contribution in [2.24, 2.45) is 0 Å². The largest absolute Gasteiger partial charge is 0.467 e. The molecule has 1 N–H and O–H groups in total. The number of carbonyl (C=O) groups excluding carboxylic acids is 2. The Hall–Kier alpha value is -1.30. The Morgan fingerprint density at radius 2 is 1.94 bits per heavy atom. The van der Waals surface area contributed by atoms with E-state index >= 15 is 0 Å². The molecule has 6 nitrogen and oxygen atoms in total. The number of carbonyl (C=O) groups is 2. The monoisotopic (exact) mass is 259 g/mol. The minimum Gasteiger partial charge on any atom is -0.467 e. The fourth-order valence-corrected chi connectivity index (χ4v) is 1.93. The van der Waals surface area contributed by atoms with E-state index < -0.39 is 29.3 Å². The number of hydrogen-bond acceptors (Lipinski definition) is 5. The second-order valence-electron chi connectivity index (χ2n) is 5.85. The molecule has 0 aromatic heterocycles. The molecule has 2 atom stereocenters. The van der Waals surface area contributed by atoms with Crippen molar-refractivity contribution in [1.29, 1.82) is 0 Å². The Bertz CT molecular complexity index is 345. The third kappa shape index (κ3) is 3.60. The van der Waals surface area contributed by atoms with Crippen LogP contribution in [0.5, 0.6) is 0 Å². The van der Waals surface area contributed by atoms with Crippen LogP contribution >= 0.6 is 0 Å². The van der Waals surface area contributed by atoms with Crippen molar-refractivity contribution >= 4 is 12.1 Å². The summed E-state index contributed by atoms with van der Waals surface area (Å²) >= 11 is 0. The van der Waals surface area contributed by atoms with Crippen molar-refractivity contribution < 1.29 is 24.2 Å². The summed E-state index contributed by atoms with van der Waals surface area (Å²) in [5.74, 6) is -0.543. The van der Waals surface area contributed by atoms with Gasteiger partial charge in [0.15, 0.2) is 0 Å². The zero-order chi connectivity index (χ0) is 14.1. The highest BCUT2D eigenvalue weighted by atomic mass is 16.6. The number of hydrogen-bond donors (Lipinski definition) is 1. The molecule has 0 spiro atoms. The molecular formula is C12H21NO5. The Morgan fingerprint density at radius 1 is 1.39 bits per heavy atom. The van der Waals surface area contributed by atoms with Crippen LogP contribution in [0.1, 0.15) is 34.1 Å². The van der Waals surface area contributed by atoms with Gasteiger partial charge in [0.1, 0.15) is 11.6 Å². The molecule has 0 saturated carbocycles. The molecule has 1 aliphatic rings. The third-order valence-corrected chi connectivity index (χ3v) is 2.62. The zero-order valence-electron chi connectivity index (χ0n) is 11.5. The lowest BCUT2D eigenvalue weighted by molar-refractivity contribution is -0.145. The SMILES string of the molecule is COC(=O)[C@@H]1CC(C)(O)CN1C(=O)OC(C)(C)C. The van der Waals surface area contributed by atoms with Gasteiger partial charge in [-0.2, -0.15) is 0 Å². The van der Waals surface area contributed by atoms with E-state index in [1.807, 2.05) is 0 Å². The van der Waals surface area contributed by atoms with Crippen molar-refractivity contribution in [3.63, 3.8) is 0 Å². The highest BCUT2D eigenvalue weighted by Gasteiger charge is 2.47. The topological polar surface area (TPSA) is 76.1 Å². The number of methoxy groups -OCH3 is 1. The molecule has 1 saturated heterocycles. The maximum Gasteiger partial charge on any atom is 0.411 e. The van der Waals surface area contributed by atoms with E-state index in [-0.39, 0.29) is 13.0 Å². The zero-order valence-corrected chi connectivity index (χ0v) is 11.5. The van der Waals surface area contributed by atoms with Crippen molar-refractivity contribution in [3.05, 3.63) is 0 Å². The fraction of sp³-hybridized carbons (Fsp3) is 0.833. The maximum absolute atomic E-state index is 12.0. The number of esters is 1. The first-order valence-electron chi connectivity index (χ1n) is 5.85. The lowest BCUT2D eigenvalue weighted by Gasteiger charge is -2.27. The van der Waals surface area contributed by atoms with Crippen LogP contribution in [0.4, 0.5) is 4.79 Å². The predicted molar refractivity (Wildman–Crippen MR) is 64.0 cm³/mol. The summed E-state index contributed by atoms with van der Waals surface area (Å²) in [6, 6.07) is -0.792. The third-order valence-electron chi connectivity index (χ3n) is 2.62. The Kier molecular flexibility index (Phi) is 3.90. The molecule has 1 fully saturated rings. The summed E-state index contributed by atoms with van der Waals surface area (Å²) in [5.41, 5.74) is -1.75. The lowest BCUT2D eigenvalue weighted by atomic mass is 10.0. The van der Waals surface area contributed by atoms with Gasteiger partial charge >= 0.3 is 12.1 Å². The normalized spacial score (nSPS) is 28.1. The van der Waals surface area contributed by atoms with E-state index in [0.717, 1.165) is 0 Å². The van der Waals surface area contributed by atoms with Gasteiger partial charge in [-0.15, -0.1) is 0 Å². The average Bonchev–Trinajstić information content (AvgIpc) is 2.51. The molecule has 0 aliphatic carbocycles. The minimum atomic E-state index is -1.10. The van der Waals surface area contributed by atoms with Gasteiger partial charge < -0.3 is 14.6 Å². The molecule has 6 heteroatoms. The molecule has 0 radical (unpaired) electrons. The van der Waals surface area contributed by atoms with Gasteiger partial charge in [0.25, 0.3) is 0 Å². The van der Waals surface area contributed by atoms with Crippen molar-refractivity contribution in [1.82, 2.24) is 4.90 Å². The van der Waals surface area contributed by atoms with E-state index in [0.29, 0.717) is 0 Å². The second-order valence-corrected chi connectivity index (χ2v) is 5.85. The van der Waals surface area contributed by atoms with Crippen LogP contribution in [0.3, 0.4) is 0 Å². The van der Waals surface area contributed by atoms with E-state index in [2.05, 4.69) is 4.74 Å². The van der Waals surface area contributed by atoms with Crippen LogP contribution in [-0.4, -0.2) is 53.0 Å². The average molecular weight is 259 g/mol. The predicted octanol–water partition coefficient (Wildman–Crippen LogP) is 0.920. The number of β-amino-alcohol motifs (C(OH)–C–C–N with tert-alkyl or cyclic N) is 1. The molecule has 1 amide bonds. The van der Waals surface area contributed by atoms with Gasteiger partial charge in [-0.3, -0.25) is 4.90 Å². The molecule has 104 valence electrons. The van der Waals surface area contributed by atoms with E-state index in [1.54, 1.807) is 27.7 Å². The van der Waals surface area contributed by atoms with Gasteiger partial charge in [-0.25, -0.2) is 9.59 Å². The summed E-state index contributed by atoms with van der Waals surface area (Å²) in [7, 11) is 1.25. The van der Waals surface area contributed by atoms with E-state index in [1.165, 1.54) is 12.0 Å². The quantitative estimate of drug-likeness (QED) is 0.709. The molecule has 1 aliphatic heterocycles. The number of aliphatic hydroxyl groups is 1. The second kappa shape index (κ2) is 4.76. The molecular weight excluding hydrogens is 238 g/mol. The molecule has 1 heterocycles. The number of amides is 1. The summed E-state index contributed by atoms with van der Waals surface area (Å²) in [5, 5.41) is 9.97. The summed E-state index contributed by atoms with van der Waals surface area (Å²) in [6.07, 6.45) is -0.463. The van der Waals surface area contributed by atoms with E-state index in [9.17, 15) is 14.7 Å². The van der Waals surface area contributed by atoms with Crippen LogP contribution in [0.15, 0.2) is 0 Å². The van der Waals surface area contributed by atoms with Gasteiger partial charge in [0.05, 0.1) is 19.3 Å². The molecule has 0 aromatic carbocycles. The van der Waals surface area contributed by atoms with Gasteiger partial charge in [-0.05, 0) is 27.7 Å². The van der Waals surface area contributed by atoms with Gasteiger partial charge in [0, 0.05) is 6.42 Å². The van der Waals surface area contributed by atoms with Gasteiger partial charge in [-0.1, -0.05) is 0 Å². The maximum atomic E-state index is 12.0. The summed E-state index contributed by atoms with van der Waals surface area (Å²) in [6.45, 7) is 6.86. The molecule has 1 unspecified atom stereocenters. The van der Waals surface area contributed by atoms with Crippen molar-refractivity contribution in [2.75, 3.05) is 13.7 Å². The van der Waals surface area contributed by atoms with Crippen LogP contribution < -0.4 is 0 Å². The highest BCUT2D eigenvalue weighted by molar-refractivity contribution is 5.82. The Balaban J connectivity index is 2.84. The molecule has 18 heavy (non-hydrogen) atoms. The molecule has 1 rings (SSSR count). The minimum absolute atomic E-state index is 0.0572. The van der Waals surface area contributed by atoms with Crippen LogP contribution in [0, 0.1) is 0 Å². The van der Waals surface area contributed by atoms with Crippen LogP contribution in [0.2, 0.25) is 0 Å². The number of likely N-dealkylation sites (tertiary alicyclic amines) is 1. The standard InChI is InChI=1S/C12H21NO5/c1-11(2,3)18-10(15)13-7-12(4,16)6-8(13)9(14)17-5/h8,16H,6-7H2,1-5H3/t8-,12?/m0/s1. The smallest absolute Gasteiger partial charge is 0.411 e. The molecule has 0 aromatic rings. The first-order chi connectivity index (χ1) is 8.06. The fourth-order valence-electron chi connectivity index (χ4n) is 1.93. The molecule has 0 bridgehead atoms. The van der Waals surface area contributed by atoms with Crippen LogP contribution in [0.25, 0.3) is 0 Å². The number of nitrogens with zero attached hydrogens (tertiary/aromatic N) is 1. The van der Waals surface area contributed by atoms with Crippen LogP contribution in [-0.2, 0) is 14.3 Å². The number of ether oxygens (including phenoxy) is 2. The van der Waals surface area contributed by atoms with Gasteiger partial charge in [0.2, 0.25) is 0 Å².